The fraction of sp³-hybridized carbons (Fsp3) is 0.500. The largest absolute Gasteiger partial charge is 0.372 e. The third-order valence-corrected chi connectivity index (χ3v) is 4.19. The zero-order valence-corrected chi connectivity index (χ0v) is 14.1. The maximum absolute atomic E-state index is 12.6. The first-order valence-corrected chi connectivity index (χ1v) is 8.40. The molecule has 1 amide bonds. The number of pyridine rings is 1. The molecule has 3 rings (SSSR count). The Kier molecular flexibility index (Phi) is 5.25. The average Bonchev–Trinajstić information content (AvgIpc) is 3.11. The molecule has 1 aliphatic heterocycles. The summed E-state index contributed by atoms with van der Waals surface area (Å²) in [5, 5.41) is 3.92. The highest BCUT2D eigenvalue weighted by atomic mass is 16.5. The number of aromatic nitrogens is 2. The van der Waals surface area contributed by atoms with Crippen LogP contribution in [-0.4, -0.2) is 40.1 Å². The van der Waals surface area contributed by atoms with Crippen LogP contribution in [0.5, 0.6) is 0 Å². The SMILES string of the molecule is CC(C)c1cc(C(=O)N2CCC[C@@H](OCc3cccnc3)C2)no1. The van der Waals surface area contributed by atoms with Crippen molar-refractivity contribution in [3.63, 3.8) is 0 Å². The monoisotopic (exact) mass is 329 g/mol. The Labute approximate surface area is 141 Å². The minimum atomic E-state index is -0.0830. The number of likely N-dealkylation sites (tertiary alicyclic amines) is 1. The number of carbonyl (C=O) groups excluding carboxylic acids is 1. The molecule has 1 atom stereocenters. The van der Waals surface area contributed by atoms with Crippen molar-refractivity contribution < 1.29 is 14.1 Å². The van der Waals surface area contributed by atoms with Gasteiger partial charge in [0.2, 0.25) is 0 Å². The summed E-state index contributed by atoms with van der Waals surface area (Å²) in [7, 11) is 0. The molecule has 0 N–H and O–H groups in total. The lowest BCUT2D eigenvalue weighted by Gasteiger charge is -2.32. The lowest BCUT2D eigenvalue weighted by Crippen LogP contribution is -2.43. The van der Waals surface area contributed by atoms with Gasteiger partial charge in [0, 0.05) is 37.5 Å². The second-order valence-corrected chi connectivity index (χ2v) is 6.46. The van der Waals surface area contributed by atoms with E-state index in [4.69, 9.17) is 9.26 Å². The second-order valence-electron chi connectivity index (χ2n) is 6.46. The van der Waals surface area contributed by atoms with Crippen LogP contribution in [0, 0.1) is 0 Å². The summed E-state index contributed by atoms with van der Waals surface area (Å²) in [4.78, 5) is 18.5. The predicted molar refractivity (Wildman–Crippen MR) is 88.5 cm³/mol. The summed E-state index contributed by atoms with van der Waals surface area (Å²) >= 11 is 0. The van der Waals surface area contributed by atoms with Gasteiger partial charge in [-0.3, -0.25) is 9.78 Å². The minimum absolute atomic E-state index is 0.0411. The van der Waals surface area contributed by atoms with Crippen LogP contribution in [-0.2, 0) is 11.3 Å². The summed E-state index contributed by atoms with van der Waals surface area (Å²) < 4.78 is 11.2. The molecular formula is C18H23N3O3. The molecule has 24 heavy (non-hydrogen) atoms. The van der Waals surface area contributed by atoms with Crippen LogP contribution >= 0.6 is 0 Å². The van der Waals surface area contributed by atoms with E-state index in [1.807, 2.05) is 26.0 Å². The Balaban J connectivity index is 1.57. The number of carbonyl (C=O) groups is 1. The van der Waals surface area contributed by atoms with Crippen molar-refractivity contribution in [2.24, 2.45) is 0 Å². The van der Waals surface area contributed by atoms with Gasteiger partial charge in [0.25, 0.3) is 5.91 Å². The number of nitrogens with zero attached hydrogens (tertiary/aromatic N) is 3. The molecular weight excluding hydrogens is 306 g/mol. The van der Waals surface area contributed by atoms with Gasteiger partial charge in [-0.15, -0.1) is 0 Å². The van der Waals surface area contributed by atoms with Crippen molar-refractivity contribution in [2.75, 3.05) is 13.1 Å². The molecule has 6 nitrogen and oxygen atoms in total. The highest BCUT2D eigenvalue weighted by molar-refractivity contribution is 5.92. The molecule has 0 aromatic carbocycles. The molecule has 0 spiro atoms. The molecule has 128 valence electrons. The molecule has 1 aliphatic rings. The Morgan fingerprint density at radius 2 is 2.38 bits per heavy atom. The summed E-state index contributed by atoms with van der Waals surface area (Å²) in [5.41, 5.74) is 1.42. The van der Waals surface area contributed by atoms with Gasteiger partial charge in [-0.2, -0.15) is 0 Å². The van der Waals surface area contributed by atoms with E-state index in [2.05, 4.69) is 10.1 Å². The Morgan fingerprint density at radius 1 is 1.50 bits per heavy atom. The molecule has 0 unspecified atom stereocenters. The van der Waals surface area contributed by atoms with Crippen LogP contribution < -0.4 is 0 Å². The zero-order valence-electron chi connectivity index (χ0n) is 14.1. The normalized spacial score (nSPS) is 18.1. The van der Waals surface area contributed by atoms with E-state index in [1.54, 1.807) is 23.4 Å². The third kappa shape index (κ3) is 4.00. The standard InChI is InChI=1S/C18H23N3O3/c1-13(2)17-9-16(20-24-17)18(22)21-8-4-6-15(11-21)23-12-14-5-3-7-19-10-14/h3,5,7,9-10,13,15H,4,6,8,11-12H2,1-2H3/t15-/m1/s1. The lowest BCUT2D eigenvalue weighted by atomic mass is 10.1. The number of amides is 1. The van der Waals surface area contributed by atoms with Gasteiger partial charge in [-0.25, -0.2) is 0 Å². The fourth-order valence-electron chi connectivity index (χ4n) is 2.78. The Bertz CT molecular complexity index is 669. The first kappa shape index (κ1) is 16.6. The van der Waals surface area contributed by atoms with Crippen molar-refractivity contribution in [3.8, 4) is 0 Å². The van der Waals surface area contributed by atoms with E-state index in [9.17, 15) is 4.79 Å². The summed E-state index contributed by atoms with van der Waals surface area (Å²) in [6.07, 6.45) is 5.47. The second kappa shape index (κ2) is 7.57. The highest BCUT2D eigenvalue weighted by Gasteiger charge is 2.27. The first-order chi connectivity index (χ1) is 11.6. The highest BCUT2D eigenvalue weighted by Crippen LogP contribution is 2.20. The van der Waals surface area contributed by atoms with Crippen LogP contribution in [0.25, 0.3) is 0 Å². The molecule has 0 saturated carbocycles. The minimum Gasteiger partial charge on any atom is -0.372 e. The van der Waals surface area contributed by atoms with Gasteiger partial charge in [0.1, 0.15) is 5.76 Å². The van der Waals surface area contributed by atoms with Crippen LogP contribution in [0.1, 0.15) is 54.4 Å². The topological polar surface area (TPSA) is 68.5 Å². The number of piperidine rings is 1. The Morgan fingerprint density at radius 3 is 3.08 bits per heavy atom. The van der Waals surface area contributed by atoms with Gasteiger partial charge >= 0.3 is 0 Å². The van der Waals surface area contributed by atoms with Crippen molar-refractivity contribution in [1.82, 2.24) is 15.0 Å². The van der Waals surface area contributed by atoms with E-state index in [-0.39, 0.29) is 17.9 Å². The quantitative estimate of drug-likeness (QED) is 0.843. The number of rotatable bonds is 5. The summed E-state index contributed by atoms with van der Waals surface area (Å²) in [5.74, 6) is 0.871. The molecule has 0 aliphatic carbocycles. The van der Waals surface area contributed by atoms with E-state index in [0.29, 0.717) is 18.8 Å². The summed E-state index contributed by atoms with van der Waals surface area (Å²) in [6.45, 7) is 5.86. The molecule has 2 aromatic rings. The lowest BCUT2D eigenvalue weighted by molar-refractivity contribution is -0.00707. The number of hydrogen-bond donors (Lipinski definition) is 0. The van der Waals surface area contributed by atoms with Gasteiger partial charge in [-0.05, 0) is 24.5 Å². The maximum atomic E-state index is 12.6. The molecule has 0 radical (unpaired) electrons. The molecule has 1 fully saturated rings. The molecule has 1 saturated heterocycles. The van der Waals surface area contributed by atoms with Crippen LogP contribution in [0.2, 0.25) is 0 Å². The number of ether oxygens (including phenoxy) is 1. The molecule has 0 bridgehead atoms. The van der Waals surface area contributed by atoms with Crippen molar-refractivity contribution in [3.05, 3.63) is 47.6 Å². The number of hydrogen-bond acceptors (Lipinski definition) is 5. The smallest absolute Gasteiger partial charge is 0.276 e. The van der Waals surface area contributed by atoms with E-state index < -0.39 is 0 Å². The van der Waals surface area contributed by atoms with E-state index in [0.717, 1.165) is 30.7 Å². The maximum Gasteiger partial charge on any atom is 0.276 e. The van der Waals surface area contributed by atoms with Crippen molar-refractivity contribution in [2.45, 2.75) is 45.3 Å². The van der Waals surface area contributed by atoms with E-state index >= 15 is 0 Å². The molecule has 6 heteroatoms. The van der Waals surface area contributed by atoms with Gasteiger partial charge in [0.05, 0.1) is 12.7 Å². The van der Waals surface area contributed by atoms with Crippen LogP contribution in [0.3, 0.4) is 0 Å². The zero-order chi connectivity index (χ0) is 16.9. The molecule has 3 heterocycles. The molecule has 2 aromatic heterocycles. The first-order valence-electron chi connectivity index (χ1n) is 8.40. The predicted octanol–water partition coefficient (Wildman–Crippen LogP) is 3.01. The van der Waals surface area contributed by atoms with Crippen molar-refractivity contribution in [1.29, 1.82) is 0 Å². The van der Waals surface area contributed by atoms with Gasteiger partial charge < -0.3 is 14.2 Å². The van der Waals surface area contributed by atoms with Crippen LogP contribution in [0.15, 0.2) is 35.1 Å². The average molecular weight is 329 g/mol. The van der Waals surface area contributed by atoms with Crippen LogP contribution in [0.4, 0.5) is 0 Å². The summed E-state index contributed by atoms with van der Waals surface area (Å²) in [6, 6.07) is 5.63. The van der Waals surface area contributed by atoms with E-state index in [1.165, 1.54) is 0 Å². The van der Waals surface area contributed by atoms with Gasteiger partial charge in [-0.1, -0.05) is 25.1 Å². The Hall–Kier alpha value is -2.21. The van der Waals surface area contributed by atoms with Gasteiger partial charge in [0.15, 0.2) is 5.69 Å². The fourth-order valence-corrected chi connectivity index (χ4v) is 2.78. The third-order valence-electron chi connectivity index (χ3n) is 4.19. The van der Waals surface area contributed by atoms with Crippen molar-refractivity contribution >= 4 is 5.91 Å².